The monoisotopic (exact) mass is 648 g/mol. The van der Waals surface area contributed by atoms with Crippen molar-refractivity contribution in [2.45, 2.75) is 45.4 Å². The lowest BCUT2D eigenvalue weighted by Gasteiger charge is -2.11. The van der Waals surface area contributed by atoms with E-state index in [-0.39, 0.29) is 5.96 Å². The number of fused-ring (bicyclic) bond motifs is 4. The van der Waals surface area contributed by atoms with Gasteiger partial charge in [-0.05, 0) is 114 Å². The first kappa shape index (κ1) is 34.9. The molecule has 0 atom stereocenters. The number of allylic oxidation sites excluding steroid dienone is 1. The number of hydrogen-bond acceptors (Lipinski definition) is 3. The molecule has 6 nitrogen and oxygen atoms in total. The molecular formula is C43H48N6. The first-order valence-electron chi connectivity index (χ1n) is 17.1. The van der Waals surface area contributed by atoms with Crippen LogP contribution in [0.4, 0.5) is 0 Å². The van der Waals surface area contributed by atoms with E-state index >= 15 is 0 Å². The van der Waals surface area contributed by atoms with Crippen LogP contribution in [0.1, 0.15) is 64.3 Å². The minimum Gasteiger partial charge on any atom is -0.370 e. The lowest BCUT2D eigenvalue weighted by molar-refractivity contribution is 0.898. The second kappa shape index (κ2) is 17.6. The smallest absolute Gasteiger partial charge is 0.185 e. The normalized spacial score (nSPS) is 12.4. The van der Waals surface area contributed by atoms with E-state index in [1.54, 1.807) is 10.9 Å². The largest absolute Gasteiger partial charge is 0.370 e. The van der Waals surface area contributed by atoms with Crippen molar-refractivity contribution in [2.75, 3.05) is 13.1 Å². The highest BCUT2D eigenvalue weighted by Crippen LogP contribution is 2.34. The van der Waals surface area contributed by atoms with Gasteiger partial charge in [0.25, 0.3) is 0 Å². The number of aromatic nitrogens is 2. The Morgan fingerprint density at radius 2 is 1.08 bits per heavy atom. The fourth-order valence-electron chi connectivity index (χ4n) is 6.40. The third kappa shape index (κ3) is 9.34. The summed E-state index contributed by atoms with van der Waals surface area (Å²) in [6.07, 6.45) is 14.3. The van der Waals surface area contributed by atoms with E-state index in [1.165, 1.54) is 55.7 Å². The number of hydrogen-bond donors (Lipinski definition) is 3. The maximum atomic E-state index is 5.68. The van der Waals surface area contributed by atoms with Crippen molar-refractivity contribution >= 4 is 22.8 Å². The number of guanidine groups is 1. The molecule has 6 N–H and O–H groups in total. The van der Waals surface area contributed by atoms with E-state index in [0.29, 0.717) is 13.1 Å². The second-order valence-electron chi connectivity index (χ2n) is 12.2. The molecule has 5 aromatic rings. The zero-order chi connectivity index (χ0) is 34.4. The zero-order valence-electron chi connectivity index (χ0n) is 28.6. The minimum absolute atomic E-state index is 0.153. The molecule has 0 bridgehead atoms. The Morgan fingerprint density at radius 1 is 0.673 bits per heavy atom. The summed E-state index contributed by atoms with van der Waals surface area (Å²) < 4.78 is 1.72. The highest BCUT2D eigenvalue weighted by Gasteiger charge is 2.18. The predicted octanol–water partition coefficient (Wildman–Crippen LogP) is 7.82. The topological polar surface area (TPSA) is 108 Å². The van der Waals surface area contributed by atoms with Crippen LogP contribution in [0, 0.1) is 0 Å². The van der Waals surface area contributed by atoms with Crippen molar-refractivity contribution < 1.29 is 0 Å². The van der Waals surface area contributed by atoms with Gasteiger partial charge in [-0.2, -0.15) is 5.10 Å². The van der Waals surface area contributed by atoms with E-state index < -0.39 is 0 Å². The van der Waals surface area contributed by atoms with Gasteiger partial charge in [0.05, 0.1) is 0 Å². The number of nitrogens with zero attached hydrogens (tertiary/aromatic N) is 3. The zero-order valence-corrected chi connectivity index (χ0v) is 28.6. The summed E-state index contributed by atoms with van der Waals surface area (Å²) in [6, 6.07) is 36.7. The Morgan fingerprint density at radius 3 is 1.41 bits per heavy atom. The van der Waals surface area contributed by atoms with Crippen LogP contribution in [-0.4, -0.2) is 28.8 Å². The SMILES string of the molecule is C=C(C)n1cccn1.NC(N)=NCCC=C1c2ccccc2CCc2ccccc21.NCCC=C1c2ccccc2CCc2ccccc21. The molecule has 0 saturated carbocycles. The molecule has 0 saturated heterocycles. The molecular weight excluding hydrogens is 601 g/mol. The fraction of sp³-hybridized carbons (Fsp3) is 0.209. The second-order valence-corrected chi connectivity index (χ2v) is 12.2. The van der Waals surface area contributed by atoms with Gasteiger partial charge in [-0.3, -0.25) is 4.99 Å². The van der Waals surface area contributed by atoms with Crippen LogP contribution in [-0.2, 0) is 25.7 Å². The summed E-state index contributed by atoms with van der Waals surface area (Å²) in [5.41, 5.74) is 31.2. The van der Waals surface area contributed by atoms with Gasteiger partial charge in [0, 0.05) is 24.6 Å². The molecule has 0 spiro atoms. The van der Waals surface area contributed by atoms with E-state index in [4.69, 9.17) is 17.2 Å². The Bertz CT molecular complexity index is 1830. The van der Waals surface area contributed by atoms with Gasteiger partial charge in [0.1, 0.15) is 0 Å². The van der Waals surface area contributed by atoms with Gasteiger partial charge in [0.2, 0.25) is 0 Å². The third-order valence-corrected chi connectivity index (χ3v) is 8.74. The quantitative estimate of drug-likeness (QED) is 0.0991. The van der Waals surface area contributed by atoms with Crippen molar-refractivity contribution in [3.05, 3.63) is 179 Å². The molecule has 1 aromatic heterocycles. The maximum Gasteiger partial charge on any atom is 0.185 e. The molecule has 0 fully saturated rings. The first-order chi connectivity index (χ1) is 24.0. The number of aliphatic imine (C=N–C) groups is 1. The molecule has 250 valence electrons. The van der Waals surface area contributed by atoms with E-state index in [2.05, 4.69) is 126 Å². The first-order valence-corrected chi connectivity index (χ1v) is 17.1. The molecule has 6 heteroatoms. The van der Waals surface area contributed by atoms with Crippen molar-refractivity contribution in [3.63, 3.8) is 0 Å². The van der Waals surface area contributed by atoms with Crippen LogP contribution in [0.15, 0.2) is 139 Å². The van der Waals surface area contributed by atoms with E-state index in [9.17, 15) is 0 Å². The molecule has 0 aliphatic heterocycles. The molecule has 1 heterocycles. The molecule has 49 heavy (non-hydrogen) atoms. The Labute approximate surface area is 291 Å². The summed E-state index contributed by atoms with van der Waals surface area (Å²) in [6.45, 7) is 6.93. The molecule has 0 unspecified atom stereocenters. The Hall–Kier alpha value is -5.46. The molecule has 0 radical (unpaired) electrons. The standard InChI is InChI=1S/C19H21N3.C18H19N.C6H8N2/c20-19(21)22-13-5-10-18-16-8-3-1-6-14(16)11-12-15-7-2-4-9-17(15)18;19-13-5-10-18-16-8-3-1-6-14(16)11-12-15-7-2-4-9-17(15)18;1-6(2)8-5-3-4-7-8/h1-4,6-10H,5,11-13H2,(H4,20,21,22);1-4,6-10H,5,11-13,19H2;3-5H,1H2,2H3. The summed E-state index contributed by atoms with van der Waals surface area (Å²) >= 11 is 0. The predicted molar refractivity (Wildman–Crippen MR) is 207 cm³/mol. The van der Waals surface area contributed by atoms with E-state index in [0.717, 1.165) is 44.2 Å². The van der Waals surface area contributed by atoms with Crippen molar-refractivity contribution in [1.82, 2.24) is 9.78 Å². The molecule has 0 amide bonds. The van der Waals surface area contributed by atoms with Crippen LogP contribution in [0.5, 0.6) is 0 Å². The molecule has 2 aliphatic rings. The van der Waals surface area contributed by atoms with Crippen molar-refractivity contribution in [3.8, 4) is 0 Å². The van der Waals surface area contributed by atoms with Crippen LogP contribution in [0.25, 0.3) is 16.8 Å². The summed E-state index contributed by atoms with van der Waals surface area (Å²) in [5, 5.41) is 3.93. The van der Waals surface area contributed by atoms with Gasteiger partial charge < -0.3 is 17.2 Å². The lowest BCUT2D eigenvalue weighted by atomic mass is 9.93. The van der Waals surface area contributed by atoms with E-state index in [1.807, 2.05) is 19.2 Å². The van der Waals surface area contributed by atoms with Crippen molar-refractivity contribution in [2.24, 2.45) is 22.2 Å². The third-order valence-electron chi connectivity index (χ3n) is 8.74. The van der Waals surface area contributed by atoms with Crippen molar-refractivity contribution in [1.29, 1.82) is 0 Å². The molecule has 4 aromatic carbocycles. The maximum absolute atomic E-state index is 5.68. The van der Waals surface area contributed by atoms with Crippen LogP contribution >= 0.6 is 0 Å². The highest BCUT2D eigenvalue weighted by molar-refractivity contribution is 5.85. The number of nitrogens with two attached hydrogens (primary N) is 3. The number of rotatable bonds is 6. The molecule has 7 rings (SSSR count). The fourth-order valence-corrected chi connectivity index (χ4v) is 6.40. The van der Waals surface area contributed by atoms with Crippen LogP contribution in [0.3, 0.4) is 0 Å². The molecule has 2 aliphatic carbocycles. The summed E-state index contributed by atoms with van der Waals surface area (Å²) in [4.78, 5) is 4.07. The average Bonchev–Trinajstić information content (AvgIpc) is 3.57. The minimum atomic E-state index is 0.153. The van der Waals surface area contributed by atoms with Gasteiger partial charge in [-0.15, -0.1) is 0 Å². The van der Waals surface area contributed by atoms with Gasteiger partial charge in [0.15, 0.2) is 5.96 Å². The number of benzene rings is 4. The lowest BCUT2D eigenvalue weighted by Crippen LogP contribution is -2.22. The summed E-state index contributed by atoms with van der Waals surface area (Å²) in [5.74, 6) is 0.153. The number of aryl methyl sites for hydroxylation is 4. The highest BCUT2D eigenvalue weighted by atomic mass is 15.3. The van der Waals surface area contributed by atoms with Crippen LogP contribution in [0.2, 0.25) is 0 Å². The Balaban J connectivity index is 0.000000158. The van der Waals surface area contributed by atoms with Gasteiger partial charge in [-0.25, -0.2) is 4.68 Å². The van der Waals surface area contributed by atoms with Gasteiger partial charge in [-0.1, -0.05) is 116 Å². The summed E-state index contributed by atoms with van der Waals surface area (Å²) in [7, 11) is 0. The van der Waals surface area contributed by atoms with Gasteiger partial charge >= 0.3 is 0 Å². The van der Waals surface area contributed by atoms with Crippen LogP contribution < -0.4 is 17.2 Å². The Kier molecular flexibility index (Phi) is 12.5. The average molecular weight is 649 g/mol.